The van der Waals surface area contributed by atoms with Crippen LogP contribution in [0.25, 0.3) is 0 Å². The molecule has 1 unspecified atom stereocenters. The molecule has 5 heteroatoms. The molecule has 0 bridgehead atoms. The smallest absolute Gasteiger partial charge is 0.137 e. The Kier molecular flexibility index (Phi) is 4.32. The molecule has 1 N–H and O–H groups in total. The molecular formula is C13H10BrClFNO. The Morgan fingerprint density at radius 1 is 1.39 bits per heavy atom. The van der Waals surface area contributed by atoms with Crippen LogP contribution in [0, 0.1) is 5.82 Å². The lowest BCUT2D eigenvalue weighted by Gasteiger charge is -2.14. The highest BCUT2D eigenvalue weighted by Gasteiger charge is 2.15. The molecule has 0 aliphatic carbocycles. The maximum absolute atomic E-state index is 13.4. The second-order valence-electron chi connectivity index (χ2n) is 3.83. The SMILES string of the molecule is OC(Cc1ccncc1Cl)c1cccc(F)c1Br. The van der Waals surface area contributed by atoms with Gasteiger partial charge in [0, 0.05) is 18.8 Å². The number of pyridine rings is 1. The van der Waals surface area contributed by atoms with Crippen LogP contribution in [0.5, 0.6) is 0 Å². The van der Waals surface area contributed by atoms with Gasteiger partial charge in [-0.1, -0.05) is 23.7 Å². The van der Waals surface area contributed by atoms with Crippen molar-refractivity contribution in [2.75, 3.05) is 0 Å². The van der Waals surface area contributed by atoms with Crippen LogP contribution in [0.15, 0.2) is 41.1 Å². The first-order chi connectivity index (χ1) is 8.59. The second kappa shape index (κ2) is 5.78. The number of benzene rings is 1. The molecule has 2 rings (SSSR count). The Balaban J connectivity index is 2.25. The number of hydrogen-bond donors (Lipinski definition) is 1. The van der Waals surface area contributed by atoms with Crippen molar-refractivity contribution in [3.8, 4) is 0 Å². The van der Waals surface area contributed by atoms with Crippen molar-refractivity contribution in [3.05, 3.63) is 63.1 Å². The Labute approximate surface area is 118 Å². The predicted octanol–water partition coefficient (Wildman–Crippen LogP) is 3.91. The van der Waals surface area contributed by atoms with Gasteiger partial charge in [0.15, 0.2) is 0 Å². The number of nitrogens with zero attached hydrogens (tertiary/aromatic N) is 1. The number of aliphatic hydroxyl groups is 1. The average Bonchev–Trinajstić information content (AvgIpc) is 2.35. The Hall–Kier alpha value is -0.970. The van der Waals surface area contributed by atoms with Crippen LogP contribution in [0.1, 0.15) is 17.2 Å². The lowest BCUT2D eigenvalue weighted by atomic mass is 10.0. The zero-order chi connectivity index (χ0) is 13.1. The lowest BCUT2D eigenvalue weighted by Crippen LogP contribution is -2.04. The van der Waals surface area contributed by atoms with Crippen molar-refractivity contribution < 1.29 is 9.50 Å². The van der Waals surface area contributed by atoms with Crippen LogP contribution in [0.3, 0.4) is 0 Å². The van der Waals surface area contributed by atoms with Crippen LogP contribution in [0.4, 0.5) is 4.39 Å². The third kappa shape index (κ3) is 2.88. The third-order valence-corrected chi connectivity index (χ3v) is 3.79. The van der Waals surface area contributed by atoms with Gasteiger partial charge in [0.05, 0.1) is 15.6 Å². The van der Waals surface area contributed by atoms with E-state index >= 15 is 0 Å². The molecule has 0 aliphatic rings. The summed E-state index contributed by atoms with van der Waals surface area (Å²) in [5.41, 5.74) is 1.28. The highest BCUT2D eigenvalue weighted by molar-refractivity contribution is 9.10. The summed E-state index contributed by atoms with van der Waals surface area (Å²) in [5, 5.41) is 10.6. The van der Waals surface area contributed by atoms with Crippen LogP contribution >= 0.6 is 27.5 Å². The zero-order valence-electron chi connectivity index (χ0n) is 9.28. The maximum atomic E-state index is 13.4. The van der Waals surface area contributed by atoms with Crippen LogP contribution < -0.4 is 0 Å². The van der Waals surface area contributed by atoms with E-state index in [1.807, 2.05) is 0 Å². The van der Waals surface area contributed by atoms with E-state index in [-0.39, 0.29) is 4.47 Å². The van der Waals surface area contributed by atoms with E-state index in [2.05, 4.69) is 20.9 Å². The normalized spacial score (nSPS) is 12.4. The molecule has 0 radical (unpaired) electrons. The minimum atomic E-state index is -0.824. The highest BCUT2D eigenvalue weighted by Crippen LogP contribution is 2.29. The highest BCUT2D eigenvalue weighted by atomic mass is 79.9. The molecule has 0 amide bonds. The van der Waals surface area contributed by atoms with E-state index in [0.29, 0.717) is 17.0 Å². The number of aromatic nitrogens is 1. The summed E-state index contributed by atoms with van der Waals surface area (Å²) in [7, 11) is 0. The van der Waals surface area contributed by atoms with Gasteiger partial charge in [-0.25, -0.2) is 4.39 Å². The molecule has 0 spiro atoms. The quantitative estimate of drug-likeness (QED) is 0.925. The van der Waals surface area contributed by atoms with Crippen molar-refractivity contribution >= 4 is 27.5 Å². The summed E-state index contributed by atoms with van der Waals surface area (Å²) in [5.74, 6) is -0.396. The molecule has 1 atom stereocenters. The monoisotopic (exact) mass is 329 g/mol. The third-order valence-electron chi connectivity index (χ3n) is 2.61. The first-order valence-corrected chi connectivity index (χ1v) is 6.47. The van der Waals surface area contributed by atoms with Gasteiger partial charge in [-0.15, -0.1) is 0 Å². The first kappa shape index (κ1) is 13.5. The molecule has 0 saturated heterocycles. The molecule has 0 fully saturated rings. The summed E-state index contributed by atoms with van der Waals surface area (Å²) in [6.07, 6.45) is 2.61. The van der Waals surface area contributed by atoms with Crippen LogP contribution in [-0.2, 0) is 6.42 Å². The van der Waals surface area contributed by atoms with Crippen molar-refractivity contribution in [2.45, 2.75) is 12.5 Å². The van der Waals surface area contributed by atoms with Gasteiger partial charge in [-0.05, 0) is 39.2 Å². The maximum Gasteiger partial charge on any atom is 0.137 e. The fourth-order valence-electron chi connectivity index (χ4n) is 1.67. The van der Waals surface area contributed by atoms with Gasteiger partial charge in [0.2, 0.25) is 0 Å². The summed E-state index contributed by atoms with van der Waals surface area (Å²) < 4.78 is 13.6. The lowest BCUT2D eigenvalue weighted by molar-refractivity contribution is 0.177. The Bertz CT molecular complexity index is 564. The summed E-state index contributed by atoms with van der Waals surface area (Å²) in [6, 6.07) is 6.30. The minimum absolute atomic E-state index is 0.280. The van der Waals surface area contributed by atoms with E-state index in [4.69, 9.17) is 11.6 Å². The van der Waals surface area contributed by atoms with E-state index in [9.17, 15) is 9.50 Å². The van der Waals surface area contributed by atoms with E-state index < -0.39 is 11.9 Å². The average molecular weight is 331 g/mol. The number of rotatable bonds is 3. The topological polar surface area (TPSA) is 33.1 Å². The molecule has 2 nitrogen and oxygen atoms in total. The van der Waals surface area contributed by atoms with Crippen molar-refractivity contribution in [3.63, 3.8) is 0 Å². The van der Waals surface area contributed by atoms with Gasteiger partial charge in [-0.3, -0.25) is 4.98 Å². The largest absolute Gasteiger partial charge is 0.388 e. The Morgan fingerprint density at radius 3 is 2.89 bits per heavy atom. The standard InChI is InChI=1S/C13H10BrClFNO/c14-13-9(2-1-3-11(13)16)12(18)6-8-4-5-17-7-10(8)15/h1-5,7,12,18H,6H2. The summed E-state index contributed by atoms with van der Waals surface area (Å²) in [4.78, 5) is 3.87. The zero-order valence-corrected chi connectivity index (χ0v) is 11.6. The second-order valence-corrected chi connectivity index (χ2v) is 5.03. The van der Waals surface area contributed by atoms with Crippen molar-refractivity contribution in [1.29, 1.82) is 0 Å². The molecule has 0 aliphatic heterocycles. The Morgan fingerprint density at radius 2 is 2.17 bits per heavy atom. The number of aliphatic hydroxyl groups excluding tert-OH is 1. The molecule has 1 aromatic heterocycles. The molecule has 18 heavy (non-hydrogen) atoms. The molecule has 2 aromatic rings. The molecular weight excluding hydrogens is 321 g/mol. The first-order valence-electron chi connectivity index (χ1n) is 5.30. The minimum Gasteiger partial charge on any atom is -0.388 e. The van der Waals surface area contributed by atoms with Gasteiger partial charge in [0.1, 0.15) is 5.82 Å². The van der Waals surface area contributed by atoms with E-state index in [1.165, 1.54) is 12.3 Å². The molecule has 94 valence electrons. The van der Waals surface area contributed by atoms with E-state index in [0.717, 1.165) is 5.56 Å². The van der Waals surface area contributed by atoms with Gasteiger partial charge < -0.3 is 5.11 Å². The van der Waals surface area contributed by atoms with Gasteiger partial charge >= 0.3 is 0 Å². The fourth-order valence-corrected chi connectivity index (χ4v) is 2.39. The molecule has 1 aromatic carbocycles. The number of hydrogen-bond acceptors (Lipinski definition) is 2. The van der Waals surface area contributed by atoms with Crippen molar-refractivity contribution in [1.82, 2.24) is 4.98 Å². The molecule has 0 saturated carbocycles. The summed E-state index contributed by atoms with van der Waals surface area (Å²) in [6.45, 7) is 0. The number of halogens is 3. The van der Waals surface area contributed by atoms with E-state index in [1.54, 1.807) is 24.4 Å². The van der Waals surface area contributed by atoms with Crippen LogP contribution in [0.2, 0.25) is 5.02 Å². The predicted molar refractivity (Wildman–Crippen MR) is 72.0 cm³/mol. The van der Waals surface area contributed by atoms with Crippen molar-refractivity contribution in [2.24, 2.45) is 0 Å². The summed E-state index contributed by atoms with van der Waals surface area (Å²) >= 11 is 9.10. The fraction of sp³-hybridized carbons (Fsp3) is 0.154. The van der Waals surface area contributed by atoms with Gasteiger partial charge in [0.25, 0.3) is 0 Å². The van der Waals surface area contributed by atoms with Gasteiger partial charge in [-0.2, -0.15) is 0 Å². The molecule has 1 heterocycles. The van der Waals surface area contributed by atoms with Crippen LogP contribution in [-0.4, -0.2) is 10.1 Å².